The lowest BCUT2D eigenvalue weighted by Gasteiger charge is -2.15. The lowest BCUT2D eigenvalue weighted by Crippen LogP contribution is -2.30. The van der Waals surface area contributed by atoms with E-state index in [4.69, 9.17) is 16.7 Å². The van der Waals surface area contributed by atoms with Crippen LogP contribution in [-0.4, -0.2) is 26.7 Å². The molecule has 0 bridgehead atoms. The summed E-state index contributed by atoms with van der Waals surface area (Å²) in [6.45, 7) is 2.09. The van der Waals surface area contributed by atoms with E-state index in [1.54, 1.807) is 0 Å². The quantitative estimate of drug-likeness (QED) is 0.811. The van der Waals surface area contributed by atoms with Crippen molar-refractivity contribution in [1.82, 2.24) is 4.72 Å². The fourth-order valence-electron chi connectivity index (χ4n) is 1.62. The van der Waals surface area contributed by atoms with Crippen molar-refractivity contribution in [3.63, 3.8) is 0 Å². The number of halogens is 2. The molecule has 1 rings (SSSR count). The summed E-state index contributed by atoms with van der Waals surface area (Å²) >= 11 is 5.77. The van der Waals surface area contributed by atoms with Crippen LogP contribution in [0.2, 0.25) is 5.02 Å². The van der Waals surface area contributed by atoms with Gasteiger partial charge < -0.3 is 5.11 Å². The fourth-order valence-corrected chi connectivity index (χ4v) is 3.25. The Labute approximate surface area is 117 Å². The minimum Gasteiger partial charge on any atom is -0.396 e. The van der Waals surface area contributed by atoms with Gasteiger partial charge in [-0.15, -0.1) is 0 Å². The summed E-state index contributed by atoms with van der Waals surface area (Å²) in [5, 5.41) is 8.82. The van der Waals surface area contributed by atoms with Gasteiger partial charge in [-0.3, -0.25) is 0 Å². The number of aliphatic hydroxyl groups is 1. The van der Waals surface area contributed by atoms with Gasteiger partial charge in [0.15, 0.2) is 0 Å². The van der Waals surface area contributed by atoms with Crippen LogP contribution in [0, 0.1) is 11.7 Å². The minimum absolute atomic E-state index is 0.000948. The molecule has 0 amide bonds. The molecule has 4 nitrogen and oxygen atoms in total. The highest BCUT2D eigenvalue weighted by atomic mass is 35.5. The molecule has 0 heterocycles. The molecule has 0 aliphatic heterocycles. The van der Waals surface area contributed by atoms with E-state index >= 15 is 0 Å². The number of rotatable bonds is 7. The van der Waals surface area contributed by atoms with Crippen LogP contribution in [0.25, 0.3) is 0 Å². The number of hydrogen-bond acceptors (Lipinski definition) is 3. The summed E-state index contributed by atoms with van der Waals surface area (Å²) < 4.78 is 39.5. The Bertz CT molecular complexity index is 522. The smallest absolute Gasteiger partial charge is 0.242 e. The van der Waals surface area contributed by atoms with Gasteiger partial charge in [0.1, 0.15) is 10.7 Å². The first-order valence-electron chi connectivity index (χ1n) is 5.96. The van der Waals surface area contributed by atoms with E-state index in [-0.39, 0.29) is 29.0 Å². The average Bonchev–Trinajstić information content (AvgIpc) is 2.37. The Kier molecular flexibility index (Phi) is 6.19. The first-order valence-corrected chi connectivity index (χ1v) is 7.82. The molecule has 0 saturated heterocycles. The van der Waals surface area contributed by atoms with Crippen LogP contribution in [0.5, 0.6) is 0 Å². The van der Waals surface area contributed by atoms with Crippen LogP contribution in [0.4, 0.5) is 4.39 Å². The number of sulfonamides is 1. The molecule has 7 heteroatoms. The van der Waals surface area contributed by atoms with E-state index in [2.05, 4.69) is 4.72 Å². The summed E-state index contributed by atoms with van der Waals surface area (Å²) in [5.74, 6) is -0.626. The van der Waals surface area contributed by atoms with Crippen molar-refractivity contribution in [1.29, 1.82) is 0 Å². The average molecular weight is 310 g/mol. The number of hydrogen-bond donors (Lipinski definition) is 2. The Morgan fingerprint density at radius 3 is 2.74 bits per heavy atom. The predicted molar refractivity (Wildman–Crippen MR) is 72.1 cm³/mol. The maximum atomic E-state index is 13.1. The van der Waals surface area contributed by atoms with E-state index in [1.807, 2.05) is 6.92 Å². The van der Waals surface area contributed by atoms with Crippen molar-refractivity contribution in [3.05, 3.63) is 29.0 Å². The molecule has 0 aromatic heterocycles. The van der Waals surface area contributed by atoms with E-state index in [0.717, 1.165) is 18.6 Å². The van der Waals surface area contributed by atoms with Crippen molar-refractivity contribution >= 4 is 21.6 Å². The standard InChI is InChI=1S/C12H17ClFNO3S/c1-2-9(5-6-16)8-15-19(17,18)12-7-10(14)3-4-11(12)13/h3-4,7,9,15-16H,2,5-6,8H2,1H3. The molecule has 108 valence electrons. The SMILES string of the molecule is CCC(CCO)CNS(=O)(=O)c1cc(F)ccc1Cl. The highest BCUT2D eigenvalue weighted by Crippen LogP contribution is 2.22. The number of nitrogens with one attached hydrogen (secondary N) is 1. The summed E-state index contributed by atoms with van der Waals surface area (Å²) in [6, 6.07) is 3.19. The van der Waals surface area contributed by atoms with E-state index in [9.17, 15) is 12.8 Å². The molecule has 2 N–H and O–H groups in total. The van der Waals surface area contributed by atoms with Crippen LogP contribution in [0.3, 0.4) is 0 Å². The largest absolute Gasteiger partial charge is 0.396 e. The third-order valence-corrected chi connectivity index (χ3v) is 4.76. The van der Waals surface area contributed by atoms with E-state index < -0.39 is 15.8 Å². The van der Waals surface area contributed by atoms with Gasteiger partial charge in [-0.05, 0) is 30.5 Å². The van der Waals surface area contributed by atoms with Gasteiger partial charge in [0.25, 0.3) is 0 Å². The van der Waals surface area contributed by atoms with Crippen LogP contribution >= 0.6 is 11.6 Å². The molecular weight excluding hydrogens is 293 g/mol. The number of benzene rings is 1. The van der Waals surface area contributed by atoms with Crippen molar-refractivity contribution in [2.45, 2.75) is 24.7 Å². The summed E-state index contributed by atoms with van der Waals surface area (Å²) in [7, 11) is -3.84. The van der Waals surface area contributed by atoms with Crippen molar-refractivity contribution in [2.75, 3.05) is 13.2 Å². The molecule has 19 heavy (non-hydrogen) atoms. The van der Waals surface area contributed by atoms with Gasteiger partial charge in [-0.25, -0.2) is 17.5 Å². The van der Waals surface area contributed by atoms with Crippen molar-refractivity contribution < 1.29 is 17.9 Å². The predicted octanol–water partition coefficient (Wildman–Crippen LogP) is 2.17. The van der Waals surface area contributed by atoms with Gasteiger partial charge in [0.05, 0.1) is 5.02 Å². The summed E-state index contributed by atoms with van der Waals surface area (Å²) in [4.78, 5) is -0.270. The zero-order valence-electron chi connectivity index (χ0n) is 10.6. The molecule has 0 aliphatic rings. The van der Waals surface area contributed by atoms with Gasteiger partial charge in [0, 0.05) is 13.2 Å². The zero-order chi connectivity index (χ0) is 14.5. The number of aliphatic hydroxyl groups excluding tert-OH is 1. The summed E-state index contributed by atoms with van der Waals surface area (Å²) in [6.07, 6.45) is 1.25. The first kappa shape index (κ1) is 16.4. The van der Waals surface area contributed by atoms with Crippen molar-refractivity contribution in [2.24, 2.45) is 5.92 Å². The van der Waals surface area contributed by atoms with Crippen LogP contribution in [0.1, 0.15) is 19.8 Å². The van der Waals surface area contributed by atoms with E-state index in [1.165, 1.54) is 6.07 Å². The monoisotopic (exact) mass is 309 g/mol. The van der Waals surface area contributed by atoms with Gasteiger partial charge >= 0.3 is 0 Å². The maximum absolute atomic E-state index is 13.1. The minimum atomic E-state index is -3.84. The topological polar surface area (TPSA) is 66.4 Å². The van der Waals surface area contributed by atoms with Crippen LogP contribution < -0.4 is 4.72 Å². The van der Waals surface area contributed by atoms with Gasteiger partial charge in [-0.2, -0.15) is 0 Å². The van der Waals surface area contributed by atoms with Crippen molar-refractivity contribution in [3.8, 4) is 0 Å². The zero-order valence-corrected chi connectivity index (χ0v) is 12.1. The lowest BCUT2D eigenvalue weighted by molar-refractivity contribution is 0.254. The Hall–Kier alpha value is -0.690. The highest BCUT2D eigenvalue weighted by Gasteiger charge is 2.19. The second kappa shape index (κ2) is 7.19. The molecule has 0 fully saturated rings. The molecule has 0 saturated carbocycles. The molecule has 1 unspecified atom stereocenters. The second-order valence-corrected chi connectivity index (χ2v) is 6.36. The molecule has 1 atom stereocenters. The van der Waals surface area contributed by atoms with E-state index in [0.29, 0.717) is 6.42 Å². The lowest BCUT2D eigenvalue weighted by atomic mass is 10.0. The van der Waals surface area contributed by atoms with Gasteiger partial charge in [-0.1, -0.05) is 24.9 Å². The Balaban J connectivity index is 2.83. The van der Waals surface area contributed by atoms with Gasteiger partial charge in [0.2, 0.25) is 10.0 Å². The molecule has 1 aromatic carbocycles. The molecule has 0 radical (unpaired) electrons. The Morgan fingerprint density at radius 1 is 1.47 bits per heavy atom. The molecular formula is C12H17ClFNO3S. The Morgan fingerprint density at radius 2 is 2.16 bits per heavy atom. The van der Waals surface area contributed by atoms with Crippen LogP contribution in [0.15, 0.2) is 23.1 Å². The first-order chi connectivity index (χ1) is 8.90. The maximum Gasteiger partial charge on any atom is 0.242 e. The molecule has 0 spiro atoms. The normalized spacial score (nSPS) is 13.5. The molecule has 0 aliphatic carbocycles. The third-order valence-electron chi connectivity index (χ3n) is 2.86. The highest BCUT2D eigenvalue weighted by molar-refractivity contribution is 7.89. The fraction of sp³-hybridized carbons (Fsp3) is 0.500. The summed E-state index contributed by atoms with van der Waals surface area (Å²) in [5.41, 5.74) is 0. The third kappa shape index (κ3) is 4.72. The van der Waals surface area contributed by atoms with Crippen LogP contribution in [-0.2, 0) is 10.0 Å². The second-order valence-electron chi connectivity index (χ2n) is 4.21. The molecule has 1 aromatic rings.